The van der Waals surface area contributed by atoms with Crippen molar-refractivity contribution in [3.8, 4) is 0 Å². The third-order valence-electron chi connectivity index (χ3n) is 3.83. The van der Waals surface area contributed by atoms with E-state index in [9.17, 15) is 4.79 Å². The third-order valence-corrected chi connectivity index (χ3v) is 3.83. The molecule has 1 aliphatic rings. The number of piperidine rings is 1. The quantitative estimate of drug-likeness (QED) is 0.898. The van der Waals surface area contributed by atoms with E-state index in [1.54, 1.807) is 0 Å². The van der Waals surface area contributed by atoms with E-state index in [1.165, 1.54) is 0 Å². The van der Waals surface area contributed by atoms with Gasteiger partial charge in [0, 0.05) is 24.5 Å². The van der Waals surface area contributed by atoms with Crippen molar-refractivity contribution in [2.45, 2.75) is 18.9 Å². The second kappa shape index (κ2) is 5.05. The third kappa shape index (κ3) is 2.36. The first-order chi connectivity index (χ1) is 9.28. The largest absolute Gasteiger partial charge is 0.451 e. The van der Waals surface area contributed by atoms with Gasteiger partial charge in [-0.15, -0.1) is 0 Å². The fraction of sp³-hybridized carbons (Fsp3) is 0.400. The molecule has 0 bridgehead atoms. The number of benzene rings is 1. The first-order valence-corrected chi connectivity index (χ1v) is 6.73. The Bertz CT molecular complexity index is 550. The first kappa shape index (κ1) is 12.2. The standard InChI is InChI=1S/C15H18N2O2/c1-16-12-6-8-17(9-7-12)15(18)14-10-11-4-2-3-5-13(11)19-14/h2-5,10,12,16H,6-9H2,1H3. The highest BCUT2D eigenvalue weighted by Crippen LogP contribution is 2.21. The minimum atomic E-state index is 0.00533. The van der Waals surface area contributed by atoms with E-state index < -0.39 is 0 Å². The van der Waals surface area contributed by atoms with Gasteiger partial charge in [0.1, 0.15) is 5.58 Å². The molecule has 4 heteroatoms. The van der Waals surface area contributed by atoms with Crippen LogP contribution in [0.15, 0.2) is 34.7 Å². The number of fused-ring (bicyclic) bond motifs is 1. The van der Waals surface area contributed by atoms with Gasteiger partial charge >= 0.3 is 0 Å². The number of rotatable bonds is 2. The van der Waals surface area contributed by atoms with Crippen molar-refractivity contribution in [1.82, 2.24) is 10.2 Å². The van der Waals surface area contributed by atoms with Gasteiger partial charge in [0.05, 0.1) is 0 Å². The molecule has 1 fully saturated rings. The molecule has 100 valence electrons. The van der Waals surface area contributed by atoms with Crippen LogP contribution in [0.4, 0.5) is 0 Å². The van der Waals surface area contributed by atoms with E-state index in [0.717, 1.165) is 36.9 Å². The van der Waals surface area contributed by atoms with Crippen LogP contribution in [-0.4, -0.2) is 37.0 Å². The molecule has 1 amide bonds. The molecule has 1 aromatic carbocycles. The lowest BCUT2D eigenvalue weighted by atomic mass is 10.1. The molecule has 0 atom stereocenters. The number of amides is 1. The van der Waals surface area contributed by atoms with Crippen molar-refractivity contribution < 1.29 is 9.21 Å². The molecular formula is C15H18N2O2. The predicted molar refractivity (Wildman–Crippen MR) is 74.2 cm³/mol. The summed E-state index contributed by atoms with van der Waals surface area (Å²) in [5, 5.41) is 4.25. The van der Waals surface area contributed by atoms with E-state index in [2.05, 4.69) is 5.32 Å². The lowest BCUT2D eigenvalue weighted by Crippen LogP contribution is -2.43. The van der Waals surface area contributed by atoms with Crippen LogP contribution in [-0.2, 0) is 0 Å². The molecule has 1 aromatic heterocycles. The van der Waals surface area contributed by atoms with Gasteiger partial charge in [-0.2, -0.15) is 0 Å². The number of furan rings is 1. The second-order valence-electron chi connectivity index (χ2n) is 5.00. The molecule has 4 nitrogen and oxygen atoms in total. The molecule has 0 spiro atoms. The Morgan fingerprint density at radius 1 is 1.32 bits per heavy atom. The van der Waals surface area contributed by atoms with Gasteiger partial charge < -0.3 is 14.6 Å². The number of nitrogens with one attached hydrogen (secondary N) is 1. The minimum absolute atomic E-state index is 0.00533. The number of hydrogen-bond acceptors (Lipinski definition) is 3. The highest BCUT2D eigenvalue weighted by Gasteiger charge is 2.24. The van der Waals surface area contributed by atoms with Crippen LogP contribution in [0.1, 0.15) is 23.4 Å². The predicted octanol–water partition coefficient (Wildman–Crippen LogP) is 2.26. The van der Waals surface area contributed by atoms with Crippen LogP contribution in [0.2, 0.25) is 0 Å². The summed E-state index contributed by atoms with van der Waals surface area (Å²) in [4.78, 5) is 14.3. The number of carbonyl (C=O) groups excluding carboxylic acids is 1. The average molecular weight is 258 g/mol. The topological polar surface area (TPSA) is 45.5 Å². The van der Waals surface area contributed by atoms with E-state index in [-0.39, 0.29) is 5.91 Å². The summed E-state index contributed by atoms with van der Waals surface area (Å²) in [5.41, 5.74) is 0.774. The Morgan fingerprint density at radius 2 is 2.05 bits per heavy atom. The van der Waals surface area contributed by atoms with Crippen LogP contribution in [0.25, 0.3) is 11.0 Å². The van der Waals surface area contributed by atoms with Crippen molar-refractivity contribution in [3.63, 3.8) is 0 Å². The molecule has 0 saturated carbocycles. The molecule has 0 unspecified atom stereocenters. The van der Waals surface area contributed by atoms with Crippen LogP contribution < -0.4 is 5.32 Å². The number of hydrogen-bond donors (Lipinski definition) is 1. The number of carbonyl (C=O) groups is 1. The fourth-order valence-corrected chi connectivity index (χ4v) is 2.61. The van der Waals surface area contributed by atoms with Gasteiger partial charge in [-0.3, -0.25) is 4.79 Å². The highest BCUT2D eigenvalue weighted by atomic mass is 16.3. The lowest BCUT2D eigenvalue weighted by molar-refractivity contribution is 0.0677. The van der Waals surface area contributed by atoms with E-state index in [0.29, 0.717) is 11.8 Å². The van der Waals surface area contributed by atoms with Crippen LogP contribution in [0, 0.1) is 0 Å². The van der Waals surface area contributed by atoms with Gasteiger partial charge in [0.25, 0.3) is 5.91 Å². The second-order valence-corrected chi connectivity index (χ2v) is 5.00. The lowest BCUT2D eigenvalue weighted by Gasteiger charge is -2.31. The van der Waals surface area contributed by atoms with Crippen LogP contribution >= 0.6 is 0 Å². The molecule has 1 saturated heterocycles. The number of nitrogens with zero attached hydrogens (tertiary/aromatic N) is 1. The maximum Gasteiger partial charge on any atom is 0.289 e. The Balaban J connectivity index is 1.77. The molecule has 19 heavy (non-hydrogen) atoms. The average Bonchev–Trinajstić information content (AvgIpc) is 2.90. The summed E-state index contributed by atoms with van der Waals surface area (Å²) in [5.74, 6) is 0.454. The summed E-state index contributed by atoms with van der Waals surface area (Å²) in [6.07, 6.45) is 2.00. The zero-order valence-electron chi connectivity index (χ0n) is 11.1. The number of para-hydroxylation sites is 1. The van der Waals surface area contributed by atoms with Gasteiger partial charge in [-0.25, -0.2) is 0 Å². The van der Waals surface area contributed by atoms with Crippen molar-refractivity contribution in [2.24, 2.45) is 0 Å². The van der Waals surface area contributed by atoms with E-state index >= 15 is 0 Å². The zero-order chi connectivity index (χ0) is 13.2. The Kier molecular flexibility index (Phi) is 3.25. The van der Waals surface area contributed by atoms with E-state index in [4.69, 9.17) is 4.42 Å². The van der Waals surface area contributed by atoms with Crippen LogP contribution in [0.3, 0.4) is 0 Å². The molecule has 2 heterocycles. The van der Waals surface area contributed by atoms with Gasteiger partial charge in [0.15, 0.2) is 5.76 Å². The summed E-state index contributed by atoms with van der Waals surface area (Å²) >= 11 is 0. The minimum Gasteiger partial charge on any atom is -0.451 e. The normalized spacial score (nSPS) is 17.0. The molecule has 1 aliphatic heterocycles. The zero-order valence-corrected chi connectivity index (χ0v) is 11.1. The number of likely N-dealkylation sites (tertiary alicyclic amines) is 1. The molecule has 1 N–H and O–H groups in total. The first-order valence-electron chi connectivity index (χ1n) is 6.73. The molecular weight excluding hydrogens is 240 g/mol. The summed E-state index contributed by atoms with van der Waals surface area (Å²) in [6, 6.07) is 10.1. The van der Waals surface area contributed by atoms with Gasteiger partial charge in [-0.05, 0) is 32.0 Å². The highest BCUT2D eigenvalue weighted by molar-refractivity contribution is 5.96. The smallest absolute Gasteiger partial charge is 0.289 e. The van der Waals surface area contributed by atoms with Crippen molar-refractivity contribution in [3.05, 3.63) is 36.1 Å². The fourth-order valence-electron chi connectivity index (χ4n) is 2.61. The van der Waals surface area contributed by atoms with E-state index in [1.807, 2.05) is 42.3 Å². The maximum atomic E-state index is 12.4. The SMILES string of the molecule is CNC1CCN(C(=O)c2cc3ccccc3o2)CC1. The molecule has 0 radical (unpaired) electrons. The summed E-state index contributed by atoms with van der Waals surface area (Å²) in [7, 11) is 1.97. The summed E-state index contributed by atoms with van der Waals surface area (Å²) < 4.78 is 5.63. The Hall–Kier alpha value is -1.81. The van der Waals surface area contributed by atoms with Crippen molar-refractivity contribution in [2.75, 3.05) is 20.1 Å². The Morgan fingerprint density at radius 3 is 2.74 bits per heavy atom. The van der Waals surface area contributed by atoms with Crippen LogP contribution in [0.5, 0.6) is 0 Å². The monoisotopic (exact) mass is 258 g/mol. The molecule has 2 aromatic rings. The molecule has 0 aliphatic carbocycles. The summed E-state index contributed by atoms with van der Waals surface area (Å²) in [6.45, 7) is 1.59. The van der Waals surface area contributed by atoms with Gasteiger partial charge in [-0.1, -0.05) is 18.2 Å². The van der Waals surface area contributed by atoms with Gasteiger partial charge in [0.2, 0.25) is 0 Å². The maximum absolute atomic E-state index is 12.4. The van der Waals surface area contributed by atoms with Crippen molar-refractivity contribution >= 4 is 16.9 Å². The molecule has 3 rings (SSSR count). The Labute approximate surface area is 112 Å². The van der Waals surface area contributed by atoms with Crippen molar-refractivity contribution in [1.29, 1.82) is 0 Å².